The second-order valence-corrected chi connectivity index (χ2v) is 3.17. The third kappa shape index (κ3) is 1.20. The van der Waals surface area contributed by atoms with Crippen LogP contribution in [0, 0.1) is 0 Å². The summed E-state index contributed by atoms with van der Waals surface area (Å²) >= 11 is 0. The lowest BCUT2D eigenvalue weighted by Crippen LogP contribution is -2.37. The van der Waals surface area contributed by atoms with Crippen molar-refractivity contribution < 1.29 is 0 Å². The predicted octanol–water partition coefficient (Wildman–Crippen LogP) is -1.39. The van der Waals surface area contributed by atoms with Gasteiger partial charge >= 0.3 is 5.69 Å². The molecule has 0 aromatic carbocycles. The monoisotopic (exact) mass is 207 g/mol. The third-order valence-electron chi connectivity index (χ3n) is 2.17. The van der Waals surface area contributed by atoms with Crippen molar-refractivity contribution in [2.24, 2.45) is 14.1 Å². The zero-order valence-corrected chi connectivity index (χ0v) is 8.26. The minimum Gasteiger partial charge on any atom is -0.382 e. The number of nitrogens with zero attached hydrogens (tertiary/aromatic N) is 4. The summed E-state index contributed by atoms with van der Waals surface area (Å²) < 4.78 is 2.22. The van der Waals surface area contributed by atoms with E-state index < -0.39 is 11.2 Å². The Labute approximate surface area is 83.8 Å². The number of nitrogen functional groups attached to an aromatic ring is 1. The summed E-state index contributed by atoms with van der Waals surface area (Å²) in [6, 6.07) is 0. The molecule has 0 bridgehead atoms. The molecule has 78 valence electrons. The average molecular weight is 207 g/mol. The summed E-state index contributed by atoms with van der Waals surface area (Å²) in [6.45, 7) is 0. The van der Waals surface area contributed by atoms with Gasteiger partial charge in [0.25, 0.3) is 5.56 Å². The van der Waals surface area contributed by atoms with Crippen molar-refractivity contribution in [3.63, 3.8) is 0 Å². The van der Waals surface area contributed by atoms with Crippen molar-refractivity contribution in [2.75, 3.05) is 5.73 Å². The molecule has 0 radical (unpaired) electrons. The Hall–Kier alpha value is -2.18. The summed E-state index contributed by atoms with van der Waals surface area (Å²) in [7, 11) is 2.91. The molecule has 0 unspecified atom stereocenters. The lowest BCUT2D eigenvalue weighted by molar-refractivity contribution is 0.704. The smallest absolute Gasteiger partial charge is 0.332 e. The second-order valence-electron chi connectivity index (χ2n) is 3.17. The Morgan fingerprint density at radius 1 is 1.27 bits per heavy atom. The standard InChI is InChI=1S/C8H9N5O2/c1-12-6-5(11-4(9)3-10-6)7(14)13(2)8(12)15/h3H,1-2H3,(H2,9,11). The number of rotatable bonds is 0. The Morgan fingerprint density at radius 3 is 2.60 bits per heavy atom. The van der Waals surface area contributed by atoms with Crippen molar-refractivity contribution in [1.82, 2.24) is 19.1 Å². The third-order valence-corrected chi connectivity index (χ3v) is 2.17. The maximum absolute atomic E-state index is 11.6. The zero-order valence-electron chi connectivity index (χ0n) is 8.26. The molecule has 0 aliphatic carbocycles. The normalized spacial score (nSPS) is 10.8. The first-order valence-corrected chi connectivity index (χ1v) is 4.20. The Kier molecular flexibility index (Phi) is 1.82. The molecule has 2 N–H and O–H groups in total. The quantitative estimate of drug-likeness (QED) is 0.573. The molecule has 2 aromatic heterocycles. The van der Waals surface area contributed by atoms with Crippen LogP contribution in [0.25, 0.3) is 11.2 Å². The topological polar surface area (TPSA) is 95.8 Å². The van der Waals surface area contributed by atoms with Crippen molar-refractivity contribution in [1.29, 1.82) is 0 Å². The van der Waals surface area contributed by atoms with E-state index in [-0.39, 0.29) is 17.0 Å². The summed E-state index contributed by atoms with van der Waals surface area (Å²) in [6.07, 6.45) is 1.31. The van der Waals surface area contributed by atoms with Crippen LogP contribution in [0.1, 0.15) is 0 Å². The van der Waals surface area contributed by atoms with Gasteiger partial charge in [0.05, 0.1) is 6.20 Å². The van der Waals surface area contributed by atoms with Crippen LogP contribution >= 0.6 is 0 Å². The first kappa shape index (κ1) is 9.38. The lowest BCUT2D eigenvalue weighted by Gasteiger charge is -2.05. The summed E-state index contributed by atoms with van der Waals surface area (Å²) in [5, 5.41) is 0. The highest BCUT2D eigenvalue weighted by molar-refractivity contribution is 5.69. The van der Waals surface area contributed by atoms with Gasteiger partial charge in [-0.15, -0.1) is 0 Å². The highest BCUT2D eigenvalue weighted by atomic mass is 16.2. The first-order chi connectivity index (χ1) is 7.02. The van der Waals surface area contributed by atoms with Gasteiger partial charge in [-0.2, -0.15) is 0 Å². The number of nitrogens with two attached hydrogens (primary N) is 1. The van der Waals surface area contributed by atoms with E-state index in [1.165, 1.54) is 24.9 Å². The van der Waals surface area contributed by atoms with Gasteiger partial charge in [0.2, 0.25) is 0 Å². The summed E-state index contributed by atoms with van der Waals surface area (Å²) in [5.41, 5.74) is 4.82. The minimum atomic E-state index is -0.493. The number of fused-ring (bicyclic) bond motifs is 1. The second kappa shape index (κ2) is 2.91. The molecule has 15 heavy (non-hydrogen) atoms. The van der Waals surface area contributed by atoms with E-state index in [2.05, 4.69) is 9.97 Å². The fourth-order valence-corrected chi connectivity index (χ4v) is 1.35. The molecule has 0 atom stereocenters. The molecule has 2 heterocycles. The molecule has 0 spiro atoms. The van der Waals surface area contributed by atoms with E-state index >= 15 is 0 Å². The lowest BCUT2D eigenvalue weighted by atomic mass is 10.5. The van der Waals surface area contributed by atoms with Crippen LogP contribution in [0.5, 0.6) is 0 Å². The number of hydrogen-bond acceptors (Lipinski definition) is 5. The SMILES string of the molecule is Cn1c(=O)c2nc(N)cnc2n(C)c1=O. The van der Waals surface area contributed by atoms with Crippen molar-refractivity contribution in [2.45, 2.75) is 0 Å². The van der Waals surface area contributed by atoms with Gasteiger partial charge in [0.15, 0.2) is 11.2 Å². The van der Waals surface area contributed by atoms with Gasteiger partial charge in [0, 0.05) is 14.1 Å². The van der Waals surface area contributed by atoms with E-state index in [0.717, 1.165) is 4.57 Å². The van der Waals surface area contributed by atoms with Crippen LogP contribution in [-0.4, -0.2) is 19.1 Å². The highest BCUT2D eigenvalue weighted by Gasteiger charge is 2.10. The van der Waals surface area contributed by atoms with E-state index in [0.29, 0.717) is 0 Å². The van der Waals surface area contributed by atoms with Gasteiger partial charge in [-0.1, -0.05) is 0 Å². The van der Waals surface area contributed by atoms with E-state index in [1.807, 2.05) is 0 Å². The predicted molar refractivity (Wildman–Crippen MR) is 54.4 cm³/mol. The maximum Gasteiger partial charge on any atom is 0.332 e. The van der Waals surface area contributed by atoms with Gasteiger partial charge in [-0.05, 0) is 0 Å². The number of hydrogen-bond donors (Lipinski definition) is 1. The average Bonchev–Trinajstić information content (AvgIpc) is 2.23. The van der Waals surface area contributed by atoms with Crippen LogP contribution in [0.3, 0.4) is 0 Å². The Morgan fingerprint density at radius 2 is 1.93 bits per heavy atom. The van der Waals surface area contributed by atoms with Crippen molar-refractivity contribution in [3.05, 3.63) is 27.0 Å². The molecular weight excluding hydrogens is 198 g/mol. The van der Waals surface area contributed by atoms with Crippen molar-refractivity contribution in [3.8, 4) is 0 Å². The van der Waals surface area contributed by atoms with Gasteiger partial charge in [-0.25, -0.2) is 14.8 Å². The molecule has 0 saturated carbocycles. The number of aromatic nitrogens is 4. The molecular formula is C8H9N5O2. The fourth-order valence-electron chi connectivity index (χ4n) is 1.35. The van der Waals surface area contributed by atoms with Crippen LogP contribution in [-0.2, 0) is 14.1 Å². The first-order valence-electron chi connectivity index (χ1n) is 4.20. The van der Waals surface area contributed by atoms with E-state index in [9.17, 15) is 9.59 Å². The molecule has 7 nitrogen and oxygen atoms in total. The van der Waals surface area contributed by atoms with E-state index in [1.54, 1.807) is 0 Å². The molecule has 2 aromatic rings. The molecule has 0 amide bonds. The van der Waals surface area contributed by atoms with Crippen molar-refractivity contribution >= 4 is 17.0 Å². The summed E-state index contributed by atoms with van der Waals surface area (Å²) in [4.78, 5) is 30.9. The van der Waals surface area contributed by atoms with Gasteiger partial charge in [0.1, 0.15) is 5.82 Å². The molecule has 0 fully saturated rings. The maximum atomic E-state index is 11.6. The van der Waals surface area contributed by atoms with Crippen LogP contribution < -0.4 is 17.0 Å². The molecule has 0 aliphatic rings. The zero-order chi connectivity index (χ0) is 11.2. The molecule has 0 saturated heterocycles. The Bertz CT molecular complexity index is 654. The van der Waals surface area contributed by atoms with Crippen LogP contribution in [0.15, 0.2) is 15.8 Å². The number of aryl methyl sites for hydroxylation is 1. The molecule has 7 heteroatoms. The van der Waals surface area contributed by atoms with Crippen LogP contribution in [0.2, 0.25) is 0 Å². The van der Waals surface area contributed by atoms with E-state index in [4.69, 9.17) is 5.73 Å². The largest absolute Gasteiger partial charge is 0.382 e. The van der Waals surface area contributed by atoms with Gasteiger partial charge < -0.3 is 5.73 Å². The summed E-state index contributed by atoms with van der Waals surface area (Å²) in [5.74, 6) is 0.151. The molecule has 2 rings (SSSR count). The Balaban J connectivity index is 3.15. The molecule has 0 aliphatic heterocycles. The van der Waals surface area contributed by atoms with Crippen LogP contribution in [0.4, 0.5) is 5.82 Å². The minimum absolute atomic E-state index is 0.0969. The highest BCUT2D eigenvalue weighted by Crippen LogP contribution is 2.02. The van der Waals surface area contributed by atoms with Gasteiger partial charge in [-0.3, -0.25) is 13.9 Å². The fraction of sp³-hybridized carbons (Fsp3) is 0.250. The number of anilines is 1.